The molecule has 0 fully saturated rings. The monoisotopic (exact) mass is 228 g/mol. The maximum atomic E-state index is 3.39. The van der Waals surface area contributed by atoms with Crippen LogP contribution in [0, 0.1) is 5.92 Å². The molecule has 0 atom stereocenters. The van der Waals surface area contributed by atoms with E-state index in [1.807, 2.05) is 0 Å². The molecule has 0 saturated heterocycles. The minimum Gasteiger partial charge on any atom is -0.0765 e. The van der Waals surface area contributed by atoms with Gasteiger partial charge in [-0.05, 0) is 12.3 Å². The van der Waals surface area contributed by atoms with Crippen LogP contribution in [-0.2, 0) is 0 Å². The topological polar surface area (TPSA) is 0 Å². The first-order valence-electron chi connectivity index (χ1n) is 2.41. The van der Waals surface area contributed by atoms with E-state index in [9.17, 15) is 0 Å². The summed E-state index contributed by atoms with van der Waals surface area (Å²) < 4.78 is 0.500. The predicted molar refractivity (Wildman–Crippen MR) is 41.1 cm³/mol. The van der Waals surface area contributed by atoms with Crippen LogP contribution in [0.3, 0.4) is 0 Å². The molecule has 0 aromatic carbocycles. The Kier molecular flexibility index (Phi) is 4.44. The maximum absolute atomic E-state index is 3.39. The summed E-state index contributed by atoms with van der Waals surface area (Å²) in [5.41, 5.74) is 0. The first-order chi connectivity index (χ1) is 3.13. The highest BCUT2D eigenvalue weighted by molar-refractivity contribution is 9.24. The maximum Gasteiger partial charge on any atom is 0.0700 e. The van der Waals surface area contributed by atoms with Gasteiger partial charge in [0.1, 0.15) is 0 Å². The van der Waals surface area contributed by atoms with Crippen molar-refractivity contribution in [3.63, 3.8) is 0 Å². The average molecular weight is 230 g/mol. The van der Waals surface area contributed by atoms with Crippen LogP contribution < -0.4 is 0 Å². The molecular weight excluding hydrogens is 220 g/mol. The summed E-state index contributed by atoms with van der Waals surface area (Å²) in [6.07, 6.45) is 1.19. The van der Waals surface area contributed by atoms with Crippen molar-refractivity contribution in [2.75, 3.05) is 0 Å². The van der Waals surface area contributed by atoms with Crippen LogP contribution in [-0.4, -0.2) is 3.74 Å². The molecule has 0 amide bonds. The molecule has 0 bridgehead atoms. The lowest BCUT2D eigenvalue weighted by Crippen LogP contribution is -1.92. The largest absolute Gasteiger partial charge is 0.0765 e. The van der Waals surface area contributed by atoms with E-state index in [-0.39, 0.29) is 0 Å². The molecule has 0 aliphatic carbocycles. The molecule has 0 N–H and O–H groups in total. The summed E-state index contributed by atoms with van der Waals surface area (Å²) in [5.74, 6) is 0.781. The standard InChI is InChI=1S/C5H10Br2/c1-4(2)3-5(6)7/h4-5H,3H2,1-2H3. The van der Waals surface area contributed by atoms with Crippen LogP contribution in [0.2, 0.25) is 0 Å². The van der Waals surface area contributed by atoms with Crippen LogP contribution in [0.4, 0.5) is 0 Å². The summed E-state index contributed by atoms with van der Waals surface area (Å²) in [7, 11) is 0. The van der Waals surface area contributed by atoms with Gasteiger partial charge in [-0.25, -0.2) is 0 Å². The minimum absolute atomic E-state index is 0.500. The van der Waals surface area contributed by atoms with Crippen molar-refractivity contribution in [1.29, 1.82) is 0 Å². The lowest BCUT2D eigenvalue weighted by atomic mass is 10.2. The Morgan fingerprint density at radius 2 is 1.71 bits per heavy atom. The summed E-state index contributed by atoms with van der Waals surface area (Å²) in [4.78, 5) is 0. The molecule has 2 heteroatoms. The van der Waals surface area contributed by atoms with Crippen molar-refractivity contribution in [2.45, 2.75) is 24.0 Å². The third kappa shape index (κ3) is 6.96. The van der Waals surface area contributed by atoms with Gasteiger partial charge in [-0.15, -0.1) is 0 Å². The Balaban J connectivity index is 2.95. The van der Waals surface area contributed by atoms with E-state index in [1.54, 1.807) is 0 Å². The van der Waals surface area contributed by atoms with Gasteiger partial charge in [0.2, 0.25) is 0 Å². The Bertz CT molecular complexity index is 35.3. The van der Waals surface area contributed by atoms with Gasteiger partial charge in [-0.2, -0.15) is 0 Å². The zero-order chi connectivity index (χ0) is 5.86. The Labute approximate surface area is 61.9 Å². The summed E-state index contributed by atoms with van der Waals surface area (Å²) in [6, 6.07) is 0. The SMILES string of the molecule is CC(C)CC(Br)Br. The van der Waals surface area contributed by atoms with Gasteiger partial charge in [-0.1, -0.05) is 45.7 Å². The molecule has 0 spiro atoms. The fourth-order valence-electron chi connectivity index (χ4n) is 0.356. The molecule has 0 nitrogen and oxygen atoms in total. The van der Waals surface area contributed by atoms with E-state index in [4.69, 9.17) is 0 Å². The van der Waals surface area contributed by atoms with Crippen molar-refractivity contribution >= 4 is 31.9 Å². The van der Waals surface area contributed by atoms with Gasteiger partial charge in [0, 0.05) is 0 Å². The molecule has 0 aromatic heterocycles. The first kappa shape index (κ1) is 7.96. The average Bonchev–Trinajstić information content (AvgIpc) is 1.27. The predicted octanol–water partition coefficient (Wildman–Crippen LogP) is 3.15. The Morgan fingerprint density at radius 1 is 1.29 bits per heavy atom. The molecule has 0 heterocycles. The molecule has 7 heavy (non-hydrogen) atoms. The lowest BCUT2D eigenvalue weighted by molar-refractivity contribution is 0.625. The van der Waals surface area contributed by atoms with E-state index >= 15 is 0 Å². The molecule has 0 rings (SSSR count). The highest BCUT2D eigenvalue weighted by Crippen LogP contribution is 2.17. The Hall–Kier alpha value is 0.960. The van der Waals surface area contributed by atoms with Crippen LogP contribution in [0.15, 0.2) is 0 Å². The molecule has 0 saturated carbocycles. The highest BCUT2D eigenvalue weighted by atomic mass is 79.9. The zero-order valence-electron chi connectivity index (χ0n) is 4.62. The quantitative estimate of drug-likeness (QED) is 0.639. The van der Waals surface area contributed by atoms with Gasteiger partial charge in [0.05, 0.1) is 3.74 Å². The molecular formula is C5H10Br2. The van der Waals surface area contributed by atoms with Crippen molar-refractivity contribution in [2.24, 2.45) is 5.92 Å². The van der Waals surface area contributed by atoms with Crippen LogP contribution >= 0.6 is 31.9 Å². The smallest absolute Gasteiger partial charge is 0.0700 e. The Morgan fingerprint density at radius 3 is 1.71 bits per heavy atom. The lowest BCUT2D eigenvalue weighted by Gasteiger charge is -2.02. The number of alkyl halides is 2. The van der Waals surface area contributed by atoms with E-state index in [0.29, 0.717) is 3.74 Å². The van der Waals surface area contributed by atoms with Gasteiger partial charge >= 0.3 is 0 Å². The molecule has 0 aromatic rings. The van der Waals surface area contributed by atoms with E-state index in [2.05, 4.69) is 45.7 Å². The third-order valence-corrected chi connectivity index (χ3v) is 1.40. The normalized spacial score (nSPS) is 11.1. The van der Waals surface area contributed by atoms with Crippen molar-refractivity contribution < 1.29 is 0 Å². The van der Waals surface area contributed by atoms with E-state index in [1.165, 1.54) is 6.42 Å². The number of rotatable bonds is 2. The fraction of sp³-hybridized carbons (Fsp3) is 1.00. The molecule has 44 valence electrons. The number of halogens is 2. The second-order valence-corrected chi connectivity index (χ2v) is 5.46. The second-order valence-electron chi connectivity index (χ2n) is 2.02. The summed E-state index contributed by atoms with van der Waals surface area (Å²) in [6.45, 7) is 4.41. The van der Waals surface area contributed by atoms with Gasteiger partial charge < -0.3 is 0 Å². The zero-order valence-corrected chi connectivity index (χ0v) is 7.79. The fourth-order valence-corrected chi connectivity index (χ4v) is 1.85. The molecule has 0 radical (unpaired) electrons. The summed E-state index contributed by atoms with van der Waals surface area (Å²) in [5, 5.41) is 0. The first-order valence-corrected chi connectivity index (χ1v) is 4.24. The van der Waals surface area contributed by atoms with Crippen molar-refractivity contribution in [3.05, 3.63) is 0 Å². The van der Waals surface area contributed by atoms with Crippen LogP contribution in [0.1, 0.15) is 20.3 Å². The highest BCUT2D eigenvalue weighted by Gasteiger charge is 1.99. The summed E-state index contributed by atoms with van der Waals surface area (Å²) >= 11 is 6.78. The van der Waals surface area contributed by atoms with Gasteiger partial charge in [-0.3, -0.25) is 0 Å². The van der Waals surface area contributed by atoms with Crippen LogP contribution in [0.25, 0.3) is 0 Å². The minimum atomic E-state index is 0.500. The number of hydrogen-bond donors (Lipinski definition) is 0. The van der Waals surface area contributed by atoms with E-state index < -0.39 is 0 Å². The van der Waals surface area contributed by atoms with Crippen molar-refractivity contribution in [1.82, 2.24) is 0 Å². The third-order valence-electron chi connectivity index (χ3n) is 0.650. The van der Waals surface area contributed by atoms with E-state index in [0.717, 1.165) is 5.92 Å². The van der Waals surface area contributed by atoms with Gasteiger partial charge in [0.25, 0.3) is 0 Å². The molecule has 0 unspecified atom stereocenters. The number of hydrogen-bond acceptors (Lipinski definition) is 0. The van der Waals surface area contributed by atoms with Crippen molar-refractivity contribution in [3.8, 4) is 0 Å². The molecule has 0 aliphatic rings. The van der Waals surface area contributed by atoms with Gasteiger partial charge in [0.15, 0.2) is 0 Å². The molecule has 0 aliphatic heterocycles. The van der Waals surface area contributed by atoms with Crippen LogP contribution in [0.5, 0.6) is 0 Å². The second kappa shape index (κ2) is 3.90.